The standard InChI is InChI=1S/C31H21ClF3N7O/c1-15-6-17-3-2-16(7-24(17)38-30(15)31(33,34)35)19-8-25(36-13-19)29-23-12-22(23)27-9-18(10-28(43)42(27)29)21-11-20(32)4-5-26(21)41-14-37-39-40-41/h2-5,7,9-11,13-14,22-23,29H,1,6,8,12H2. The smallest absolute Gasteiger partial charge is 0.303 e. The van der Waals surface area contributed by atoms with Gasteiger partial charge in [-0.2, -0.15) is 17.9 Å². The van der Waals surface area contributed by atoms with Gasteiger partial charge in [0.25, 0.3) is 5.56 Å². The minimum Gasteiger partial charge on any atom is -0.303 e. The Kier molecular flexibility index (Phi) is 5.55. The lowest BCUT2D eigenvalue weighted by Gasteiger charge is -2.21. The maximum Gasteiger partial charge on any atom is 0.433 e. The van der Waals surface area contributed by atoms with Crippen LogP contribution in [0.3, 0.4) is 0 Å². The number of nitrogens with zero attached hydrogens (tertiary/aromatic N) is 7. The van der Waals surface area contributed by atoms with Crippen molar-refractivity contribution in [3.05, 3.63) is 105 Å². The highest BCUT2D eigenvalue weighted by Gasteiger charge is 2.54. The summed E-state index contributed by atoms with van der Waals surface area (Å²) in [6.07, 6.45) is 0.249. The van der Waals surface area contributed by atoms with Crippen LogP contribution in [0.25, 0.3) is 22.4 Å². The Bertz CT molecular complexity index is 2020. The lowest BCUT2D eigenvalue weighted by Crippen LogP contribution is -2.29. The first-order chi connectivity index (χ1) is 20.7. The Morgan fingerprint density at radius 2 is 1.88 bits per heavy atom. The highest BCUT2D eigenvalue weighted by atomic mass is 35.5. The molecule has 43 heavy (non-hydrogen) atoms. The third-order valence-corrected chi connectivity index (χ3v) is 8.90. The van der Waals surface area contributed by atoms with E-state index in [0.717, 1.165) is 40.1 Å². The molecule has 8 rings (SSSR count). The molecule has 2 aromatic carbocycles. The zero-order valence-corrected chi connectivity index (χ0v) is 23.1. The summed E-state index contributed by atoms with van der Waals surface area (Å²) >= 11 is 6.34. The van der Waals surface area contributed by atoms with Crippen molar-refractivity contribution in [3.8, 4) is 16.8 Å². The van der Waals surface area contributed by atoms with Crippen LogP contribution in [0.4, 0.5) is 18.9 Å². The van der Waals surface area contributed by atoms with Gasteiger partial charge < -0.3 is 4.57 Å². The minimum absolute atomic E-state index is 0.0343. The summed E-state index contributed by atoms with van der Waals surface area (Å²) in [5, 5.41) is 12.0. The summed E-state index contributed by atoms with van der Waals surface area (Å²) in [4.78, 5) is 22.3. The first kappa shape index (κ1) is 26.0. The van der Waals surface area contributed by atoms with E-state index in [0.29, 0.717) is 28.4 Å². The Balaban J connectivity index is 1.10. The molecular weight excluding hydrogens is 579 g/mol. The van der Waals surface area contributed by atoms with Gasteiger partial charge in [0.2, 0.25) is 0 Å². The third-order valence-electron chi connectivity index (χ3n) is 8.66. The number of hydrogen-bond acceptors (Lipinski definition) is 6. The fourth-order valence-corrected chi connectivity index (χ4v) is 6.81. The number of hydrogen-bond donors (Lipinski definition) is 0. The number of alkyl halides is 3. The van der Waals surface area contributed by atoms with E-state index < -0.39 is 11.9 Å². The molecule has 0 spiro atoms. The van der Waals surface area contributed by atoms with Crippen molar-refractivity contribution >= 4 is 34.3 Å². The third kappa shape index (κ3) is 4.21. The second-order valence-corrected chi connectivity index (χ2v) is 11.7. The van der Waals surface area contributed by atoms with Crippen molar-refractivity contribution in [3.63, 3.8) is 0 Å². The van der Waals surface area contributed by atoms with Crippen LogP contribution >= 0.6 is 11.6 Å². The highest BCUT2D eigenvalue weighted by Crippen LogP contribution is 2.60. The second kappa shape index (κ2) is 9.18. The molecule has 3 unspecified atom stereocenters. The number of rotatable bonds is 4. The summed E-state index contributed by atoms with van der Waals surface area (Å²) in [7, 11) is 0. The molecule has 12 heteroatoms. The van der Waals surface area contributed by atoms with E-state index in [1.54, 1.807) is 36.5 Å². The Morgan fingerprint density at radius 1 is 1.02 bits per heavy atom. The molecule has 4 aromatic rings. The van der Waals surface area contributed by atoms with Gasteiger partial charge in [0.15, 0.2) is 0 Å². The number of halogens is 4. The molecule has 3 aliphatic heterocycles. The molecule has 2 aromatic heterocycles. The molecule has 1 saturated carbocycles. The van der Waals surface area contributed by atoms with E-state index in [2.05, 4.69) is 27.1 Å². The first-order valence-corrected chi connectivity index (χ1v) is 14.1. The normalized spacial score (nSPS) is 22.0. The van der Waals surface area contributed by atoms with Gasteiger partial charge in [-0.15, -0.1) is 5.10 Å². The number of aromatic nitrogens is 5. The van der Waals surface area contributed by atoms with Crippen molar-refractivity contribution < 1.29 is 13.2 Å². The van der Waals surface area contributed by atoms with Crippen LogP contribution in [0.1, 0.15) is 41.6 Å². The molecule has 8 nitrogen and oxygen atoms in total. The van der Waals surface area contributed by atoms with E-state index in [-0.39, 0.29) is 35.4 Å². The van der Waals surface area contributed by atoms with Crippen molar-refractivity contribution in [2.24, 2.45) is 15.9 Å². The summed E-state index contributed by atoms with van der Waals surface area (Å²) in [5.74, 6) is 0.508. The minimum atomic E-state index is -4.56. The number of benzene rings is 2. The molecule has 1 aliphatic carbocycles. The average molecular weight is 600 g/mol. The van der Waals surface area contributed by atoms with Crippen LogP contribution in [-0.4, -0.2) is 42.4 Å². The van der Waals surface area contributed by atoms with E-state index in [4.69, 9.17) is 16.6 Å². The Labute approximate surface area is 247 Å². The zero-order chi connectivity index (χ0) is 29.6. The molecule has 0 radical (unpaired) electrons. The topological polar surface area (TPSA) is 90.3 Å². The molecule has 1 fully saturated rings. The fourth-order valence-electron chi connectivity index (χ4n) is 6.64. The van der Waals surface area contributed by atoms with E-state index >= 15 is 0 Å². The number of pyridine rings is 1. The lowest BCUT2D eigenvalue weighted by atomic mass is 9.92. The monoisotopic (exact) mass is 599 g/mol. The fraction of sp³-hybridized carbons (Fsp3) is 0.226. The van der Waals surface area contributed by atoms with Crippen LogP contribution < -0.4 is 5.56 Å². The predicted molar refractivity (Wildman–Crippen MR) is 156 cm³/mol. The van der Waals surface area contributed by atoms with Gasteiger partial charge in [0.05, 0.1) is 17.4 Å². The molecule has 0 saturated heterocycles. The maximum atomic E-state index is 13.7. The second-order valence-electron chi connectivity index (χ2n) is 11.3. The average Bonchev–Trinajstić information content (AvgIpc) is 3.32. The molecule has 4 aliphatic rings. The van der Waals surface area contributed by atoms with Crippen LogP contribution in [0.15, 0.2) is 88.0 Å². The van der Waals surface area contributed by atoms with Crippen molar-refractivity contribution in [1.29, 1.82) is 0 Å². The van der Waals surface area contributed by atoms with E-state index in [1.165, 1.54) is 11.0 Å². The zero-order valence-electron chi connectivity index (χ0n) is 22.4. The molecular formula is C31H21ClF3N7O. The molecule has 5 heterocycles. The van der Waals surface area contributed by atoms with Gasteiger partial charge in [0.1, 0.15) is 12.0 Å². The number of fused-ring (bicyclic) bond motifs is 4. The van der Waals surface area contributed by atoms with Crippen molar-refractivity contribution in [2.45, 2.75) is 37.4 Å². The number of aliphatic imine (C=N–C) groups is 2. The van der Waals surface area contributed by atoms with Gasteiger partial charge in [0, 0.05) is 53.0 Å². The SMILES string of the molecule is C=C1Cc2ccc(C3=CN=C(C4C5CC5c5cc(-c6cc(Cl)ccc6-n6cnnn6)cc(=O)n54)C3)cc2N=C1C(F)(F)F. The van der Waals surface area contributed by atoms with Crippen LogP contribution in [-0.2, 0) is 6.42 Å². The maximum absolute atomic E-state index is 13.7. The van der Waals surface area contributed by atoms with Crippen LogP contribution in [0, 0.1) is 5.92 Å². The summed E-state index contributed by atoms with van der Waals surface area (Å²) < 4.78 is 43.8. The van der Waals surface area contributed by atoms with Gasteiger partial charge in [-0.1, -0.05) is 30.3 Å². The Hall–Kier alpha value is -4.64. The number of allylic oxidation sites excluding steroid dienone is 2. The van der Waals surface area contributed by atoms with Crippen LogP contribution in [0.5, 0.6) is 0 Å². The number of tetrazole rings is 1. The van der Waals surface area contributed by atoms with E-state index in [1.807, 2.05) is 22.8 Å². The molecule has 0 N–H and O–H groups in total. The molecule has 0 bridgehead atoms. The molecule has 3 atom stereocenters. The summed E-state index contributed by atoms with van der Waals surface area (Å²) in [6.45, 7) is 3.57. The largest absolute Gasteiger partial charge is 0.433 e. The molecule has 214 valence electrons. The van der Waals surface area contributed by atoms with Gasteiger partial charge in [-0.05, 0) is 80.9 Å². The van der Waals surface area contributed by atoms with Crippen molar-refractivity contribution in [2.75, 3.05) is 0 Å². The Morgan fingerprint density at radius 3 is 2.67 bits per heavy atom. The predicted octanol–water partition coefficient (Wildman–Crippen LogP) is 6.44. The highest BCUT2D eigenvalue weighted by molar-refractivity contribution is 6.31. The summed E-state index contributed by atoms with van der Waals surface area (Å²) in [5.41, 5.74) is 5.56. The van der Waals surface area contributed by atoms with Gasteiger partial charge in [-0.25, -0.2) is 4.99 Å². The molecule has 0 amide bonds. The van der Waals surface area contributed by atoms with E-state index in [9.17, 15) is 18.0 Å². The summed E-state index contributed by atoms with van der Waals surface area (Å²) in [6, 6.07) is 14.2. The van der Waals surface area contributed by atoms with Gasteiger partial charge >= 0.3 is 6.18 Å². The lowest BCUT2D eigenvalue weighted by molar-refractivity contribution is -0.0583. The van der Waals surface area contributed by atoms with Gasteiger partial charge in [-0.3, -0.25) is 9.79 Å². The van der Waals surface area contributed by atoms with Crippen molar-refractivity contribution in [1.82, 2.24) is 24.8 Å². The quantitative estimate of drug-likeness (QED) is 0.270. The van der Waals surface area contributed by atoms with Crippen LogP contribution in [0.2, 0.25) is 5.02 Å². The first-order valence-electron chi connectivity index (χ1n) is 13.7.